The molecule has 0 aliphatic heterocycles. The quantitative estimate of drug-likeness (QED) is 0.220. The molecule has 2 rings (SSSR count). The van der Waals surface area contributed by atoms with Crippen molar-refractivity contribution in [3.05, 3.63) is 83.4 Å². The lowest BCUT2D eigenvalue weighted by atomic mass is 9.97. The maximum absolute atomic E-state index is 14.3. The molecular formula is C35H48N4O7. The second-order valence-corrected chi connectivity index (χ2v) is 13.2. The van der Waals surface area contributed by atoms with Crippen LogP contribution in [-0.4, -0.2) is 64.5 Å². The number of esters is 1. The van der Waals surface area contributed by atoms with E-state index in [0.717, 1.165) is 16.7 Å². The molecule has 2 aromatic rings. The molecule has 0 aliphatic rings. The summed E-state index contributed by atoms with van der Waals surface area (Å²) in [5.74, 6) is -2.96. The first-order valence-corrected chi connectivity index (χ1v) is 15.1. The Labute approximate surface area is 271 Å². The average Bonchev–Trinajstić information content (AvgIpc) is 2.92. The van der Waals surface area contributed by atoms with Gasteiger partial charge in [0.25, 0.3) is 0 Å². The zero-order valence-corrected chi connectivity index (χ0v) is 28.1. The van der Waals surface area contributed by atoms with Crippen molar-refractivity contribution in [2.45, 2.75) is 97.6 Å². The van der Waals surface area contributed by atoms with Gasteiger partial charge in [-0.15, -0.1) is 6.58 Å². The van der Waals surface area contributed by atoms with Crippen molar-refractivity contribution in [3.63, 3.8) is 0 Å². The molecule has 11 heteroatoms. The van der Waals surface area contributed by atoms with E-state index in [9.17, 15) is 24.0 Å². The van der Waals surface area contributed by atoms with Crippen LogP contribution in [0, 0.1) is 13.8 Å². The molecule has 3 atom stereocenters. The van der Waals surface area contributed by atoms with Crippen molar-refractivity contribution in [1.82, 2.24) is 15.5 Å². The number of ether oxygens (including phenoxy) is 2. The van der Waals surface area contributed by atoms with E-state index in [0.29, 0.717) is 5.56 Å². The number of rotatable bonds is 13. The van der Waals surface area contributed by atoms with Crippen LogP contribution in [0.5, 0.6) is 0 Å². The number of hydrogen-bond donors (Lipinski definition) is 3. The summed E-state index contributed by atoms with van der Waals surface area (Å²) in [6.45, 7) is 17.5. The Bertz CT molecular complexity index is 1410. The van der Waals surface area contributed by atoms with E-state index in [2.05, 4.69) is 17.2 Å². The third-order valence-corrected chi connectivity index (χ3v) is 6.70. The number of amides is 4. The molecule has 0 spiro atoms. The summed E-state index contributed by atoms with van der Waals surface area (Å²) >= 11 is 0. The van der Waals surface area contributed by atoms with Gasteiger partial charge in [-0.25, -0.2) is 9.59 Å². The molecule has 11 nitrogen and oxygen atoms in total. The number of nitrogens with two attached hydrogens (primary N) is 1. The van der Waals surface area contributed by atoms with Crippen LogP contribution in [0.15, 0.2) is 61.2 Å². The van der Waals surface area contributed by atoms with E-state index in [1.165, 1.54) is 11.0 Å². The number of nitrogens with zero attached hydrogens (tertiary/aromatic N) is 1. The van der Waals surface area contributed by atoms with Crippen molar-refractivity contribution in [3.8, 4) is 0 Å². The van der Waals surface area contributed by atoms with Gasteiger partial charge < -0.3 is 30.7 Å². The summed E-state index contributed by atoms with van der Waals surface area (Å²) in [6, 6.07) is 10.6. The highest BCUT2D eigenvalue weighted by Gasteiger charge is 2.38. The first-order valence-electron chi connectivity index (χ1n) is 15.1. The Morgan fingerprint density at radius 1 is 0.870 bits per heavy atom. The molecule has 0 radical (unpaired) electrons. The van der Waals surface area contributed by atoms with Gasteiger partial charge >= 0.3 is 12.1 Å². The number of carbonyl (C=O) groups excluding carboxylic acids is 5. The largest absolute Gasteiger partial charge is 0.458 e. The fourth-order valence-electron chi connectivity index (χ4n) is 4.59. The normalized spacial score (nSPS) is 13.4. The summed E-state index contributed by atoms with van der Waals surface area (Å²) in [5, 5.41) is 5.25. The Morgan fingerprint density at radius 3 is 2.00 bits per heavy atom. The number of aryl methyl sites for hydroxylation is 2. The summed E-state index contributed by atoms with van der Waals surface area (Å²) in [6.07, 6.45) is 0.0528. The molecule has 0 saturated heterocycles. The smallest absolute Gasteiger partial charge is 0.408 e. The molecule has 46 heavy (non-hydrogen) atoms. The first-order chi connectivity index (χ1) is 21.3. The number of hydrogen-bond acceptors (Lipinski definition) is 7. The molecule has 0 saturated carbocycles. The van der Waals surface area contributed by atoms with Crippen LogP contribution in [0.2, 0.25) is 0 Å². The lowest BCUT2D eigenvalue weighted by Crippen LogP contribution is -2.55. The second kappa shape index (κ2) is 16.1. The second-order valence-electron chi connectivity index (χ2n) is 13.2. The van der Waals surface area contributed by atoms with E-state index >= 15 is 0 Å². The molecule has 0 heterocycles. The standard InChI is InChI=1S/C35H48N4O7/c1-10-18-39(31(42)26(21-28(36)40)38-33(44)46-35(7,8)9)29(25-17-16-22(2)23(3)19-25)30(41)37-27(32(43)45-34(4,5)6)20-24-14-12-11-13-15-24/h10-17,19,26-27,29H,1,18,20-21H2,2-9H3,(H2,36,40)(H,37,41)(H,38,44). The summed E-state index contributed by atoms with van der Waals surface area (Å²) in [5.41, 5.74) is 6.78. The topological polar surface area (TPSA) is 157 Å². The average molecular weight is 637 g/mol. The monoisotopic (exact) mass is 636 g/mol. The number of benzene rings is 2. The van der Waals surface area contributed by atoms with Crippen molar-refractivity contribution in [2.24, 2.45) is 5.73 Å². The highest BCUT2D eigenvalue weighted by atomic mass is 16.6. The number of carbonyl (C=O) groups is 5. The molecule has 2 aromatic carbocycles. The van der Waals surface area contributed by atoms with Gasteiger partial charge in [-0.05, 0) is 77.6 Å². The molecule has 0 aromatic heterocycles. The van der Waals surface area contributed by atoms with Gasteiger partial charge in [0.15, 0.2) is 0 Å². The molecule has 0 aliphatic carbocycles. The van der Waals surface area contributed by atoms with Gasteiger partial charge in [0.2, 0.25) is 17.7 Å². The summed E-state index contributed by atoms with van der Waals surface area (Å²) in [7, 11) is 0. The molecule has 0 bridgehead atoms. The van der Waals surface area contributed by atoms with E-state index in [1.54, 1.807) is 53.7 Å². The molecular weight excluding hydrogens is 588 g/mol. The van der Waals surface area contributed by atoms with Gasteiger partial charge in [0, 0.05) is 13.0 Å². The van der Waals surface area contributed by atoms with Gasteiger partial charge in [-0.2, -0.15) is 0 Å². The van der Waals surface area contributed by atoms with Crippen molar-refractivity contribution in [2.75, 3.05) is 6.54 Å². The lowest BCUT2D eigenvalue weighted by Gasteiger charge is -2.34. The van der Waals surface area contributed by atoms with Gasteiger partial charge in [-0.3, -0.25) is 14.4 Å². The molecule has 0 fully saturated rings. The first kappa shape index (κ1) is 37.5. The van der Waals surface area contributed by atoms with Gasteiger partial charge in [0.1, 0.15) is 29.3 Å². The van der Waals surface area contributed by atoms with Gasteiger partial charge in [-0.1, -0.05) is 54.6 Å². The zero-order valence-electron chi connectivity index (χ0n) is 28.1. The van der Waals surface area contributed by atoms with E-state index in [4.69, 9.17) is 15.2 Å². The Balaban J connectivity index is 2.63. The summed E-state index contributed by atoms with van der Waals surface area (Å²) < 4.78 is 11.0. The Morgan fingerprint density at radius 2 is 1.48 bits per heavy atom. The minimum Gasteiger partial charge on any atom is -0.458 e. The predicted molar refractivity (Wildman–Crippen MR) is 175 cm³/mol. The van der Waals surface area contributed by atoms with Crippen LogP contribution in [0.25, 0.3) is 0 Å². The van der Waals surface area contributed by atoms with Crippen molar-refractivity contribution < 1.29 is 33.4 Å². The van der Waals surface area contributed by atoms with Crippen molar-refractivity contribution >= 4 is 29.8 Å². The molecule has 250 valence electrons. The van der Waals surface area contributed by atoms with E-state index in [-0.39, 0.29) is 13.0 Å². The maximum atomic E-state index is 14.3. The number of alkyl carbamates (subject to hydrolysis) is 1. The van der Waals surface area contributed by atoms with Crippen LogP contribution in [0.3, 0.4) is 0 Å². The van der Waals surface area contributed by atoms with Crippen LogP contribution < -0.4 is 16.4 Å². The van der Waals surface area contributed by atoms with E-state index in [1.807, 2.05) is 50.2 Å². The van der Waals surface area contributed by atoms with Crippen LogP contribution in [-0.2, 0) is 35.1 Å². The lowest BCUT2D eigenvalue weighted by molar-refractivity contribution is -0.159. The Hall–Kier alpha value is -4.67. The maximum Gasteiger partial charge on any atom is 0.408 e. The minimum atomic E-state index is -1.46. The molecule has 4 N–H and O–H groups in total. The number of nitrogens with one attached hydrogen (secondary N) is 2. The van der Waals surface area contributed by atoms with Gasteiger partial charge in [0.05, 0.1) is 6.42 Å². The molecule has 4 amide bonds. The van der Waals surface area contributed by atoms with Crippen LogP contribution >= 0.6 is 0 Å². The third kappa shape index (κ3) is 12.0. The van der Waals surface area contributed by atoms with Crippen molar-refractivity contribution in [1.29, 1.82) is 0 Å². The molecule has 3 unspecified atom stereocenters. The van der Waals surface area contributed by atoms with Crippen LogP contribution in [0.1, 0.15) is 76.3 Å². The highest BCUT2D eigenvalue weighted by molar-refractivity contribution is 5.95. The minimum absolute atomic E-state index is 0.126. The highest BCUT2D eigenvalue weighted by Crippen LogP contribution is 2.26. The zero-order chi connectivity index (χ0) is 34.8. The summed E-state index contributed by atoms with van der Waals surface area (Å²) in [4.78, 5) is 67.8. The number of primary amides is 1. The van der Waals surface area contributed by atoms with Crippen LogP contribution in [0.4, 0.5) is 4.79 Å². The predicted octanol–water partition coefficient (Wildman–Crippen LogP) is 4.20. The fourth-order valence-corrected chi connectivity index (χ4v) is 4.59. The fraction of sp³-hybridized carbons (Fsp3) is 0.457. The Kier molecular flexibility index (Phi) is 13.1. The SMILES string of the molecule is C=CCN(C(=O)C(CC(N)=O)NC(=O)OC(C)(C)C)C(C(=O)NC(Cc1ccccc1)C(=O)OC(C)(C)C)c1ccc(C)c(C)c1. The van der Waals surface area contributed by atoms with E-state index < -0.39 is 65.5 Å². The third-order valence-electron chi connectivity index (χ3n) is 6.70.